The number of rotatable bonds is 10. The molecule has 0 atom stereocenters. The van der Waals surface area contributed by atoms with Gasteiger partial charge in [0.2, 0.25) is 0 Å². The summed E-state index contributed by atoms with van der Waals surface area (Å²) in [6.07, 6.45) is 1.18. The molecule has 1 fully saturated rings. The Hall–Kier alpha value is -0.690. The van der Waals surface area contributed by atoms with Crippen molar-refractivity contribution in [3.05, 3.63) is 0 Å². The van der Waals surface area contributed by atoms with Gasteiger partial charge in [0.1, 0.15) is 0 Å². The Morgan fingerprint density at radius 3 is 2.26 bits per heavy atom. The van der Waals surface area contributed by atoms with E-state index in [0.717, 1.165) is 59.0 Å². The average Bonchev–Trinajstić information content (AvgIpc) is 2.41. The number of carboxylic acid groups (broad SMARTS) is 1. The summed E-state index contributed by atoms with van der Waals surface area (Å²) >= 11 is 0. The van der Waals surface area contributed by atoms with Gasteiger partial charge in [-0.05, 0) is 6.42 Å². The zero-order chi connectivity index (χ0) is 13.9. The maximum absolute atomic E-state index is 10.5. The topological polar surface area (TPSA) is 62.2 Å². The lowest BCUT2D eigenvalue weighted by Crippen LogP contribution is -2.47. The summed E-state index contributed by atoms with van der Waals surface area (Å²) in [6, 6.07) is 0. The van der Waals surface area contributed by atoms with Gasteiger partial charge in [-0.25, -0.2) is 0 Å². The van der Waals surface area contributed by atoms with Crippen molar-refractivity contribution in [2.24, 2.45) is 0 Å². The van der Waals surface area contributed by atoms with E-state index in [4.69, 9.17) is 14.6 Å². The zero-order valence-electron chi connectivity index (χ0n) is 11.8. The first kappa shape index (κ1) is 16.4. The van der Waals surface area contributed by atoms with E-state index in [0.29, 0.717) is 6.54 Å². The van der Waals surface area contributed by atoms with Gasteiger partial charge < -0.3 is 19.5 Å². The number of ether oxygens (including phenoxy) is 2. The highest BCUT2D eigenvalue weighted by Gasteiger charge is 2.16. The molecule has 0 aromatic rings. The van der Waals surface area contributed by atoms with E-state index < -0.39 is 5.97 Å². The predicted molar refractivity (Wildman–Crippen MR) is 72.4 cm³/mol. The van der Waals surface area contributed by atoms with E-state index in [1.165, 1.54) is 0 Å². The van der Waals surface area contributed by atoms with Crippen LogP contribution in [0.15, 0.2) is 0 Å². The molecule has 0 aromatic carbocycles. The quantitative estimate of drug-likeness (QED) is 0.571. The minimum atomic E-state index is -0.716. The standard InChI is InChI=1S/C13H26N2O4/c1-18-10-2-11-19-12-9-15-7-5-14(6-8-15)4-3-13(16)17/h2-12H2,1H3,(H,16,17). The lowest BCUT2D eigenvalue weighted by molar-refractivity contribution is -0.137. The molecular formula is C13H26N2O4. The molecule has 1 rings (SSSR count). The molecule has 1 saturated heterocycles. The highest BCUT2D eigenvalue weighted by Crippen LogP contribution is 2.02. The molecule has 1 heterocycles. The normalized spacial score (nSPS) is 17.7. The van der Waals surface area contributed by atoms with Crippen molar-refractivity contribution in [1.82, 2.24) is 9.80 Å². The summed E-state index contributed by atoms with van der Waals surface area (Å²) in [4.78, 5) is 15.1. The number of hydrogen-bond donors (Lipinski definition) is 1. The number of carboxylic acids is 1. The van der Waals surface area contributed by atoms with Crippen LogP contribution in [0.1, 0.15) is 12.8 Å². The predicted octanol–water partition coefficient (Wildman–Crippen LogP) is 0.132. The van der Waals surface area contributed by atoms with Crippen molar-refractivity contribution >= 4 is 5.97 Å². The molecule has 0 saturated carbocycles. The third-order valence-electron chi connectivity index (χ3n) is 3.30. The van der Waals surface area contributed by atoms with Gasteiger partial charge in [0.25, 0.3) is 0 Å². The van der Waals surface area contributed by atoms with Crippen molar-refractivity contribution in [3.63, 3.8) is 0 Å². The molecule has 0 unspecified atom stereocenters. The van der Waals surface area contributed by atoms with Crippen molar-refractivity contribution in [1.29, 1.82) is 0 Å². The zero-order valence-corrected chi connectivity index (χ0v) is 11.8. The van der Waals surface area contributed by atoms with Crippen molar-refractivity contribution in [2.75, 3.05) is 66.2 Å². The molecule has 0 aliphatic carbocycles. The fourth-order valence-corrected chi connectivity index (χ4v) is 2.09. The third kappa shape index (κ3) is 8.15. The molecule has 1 N–H and O–H groups in total. The first-order valence-corrected chi connectivity index (χ1v) is 6.95. The molecule has 6 nitrogen and oxygen atoms in total. The van der Waals surface area contributed by atoms with E-state index in [9.17, 15) is 4.79 Å². The summed E-state index contributed by atoms with van der Waals surface area (Å²) in [5.74, 6) is -0.716. The molecule has 0 bridgehead atoms. The highest BCUT2D eigenvalue weighted by atomic mass is 16.5. The lowest BCUT2D eigenvalue weighted by Gasteiger charge is -2.34. The lowest BCUT2D eigenvalue weighted by atomic mass is 10.3. The molecule has 1 aliphatic rings. The summed E-state index contributed by atoms with van der Waals surface area (Å²) < 4.78 is 10.5. The number of aliphatic carboxylic acids is 1. The minimum absolute atomic E-state index is 0.239. The molecule has 0 aromatic heterocycles. The first-order chi connectivity index (χ1) is 9.22. The van der Waals surface area contributed by atoms with Crippen LogP contribution in [-0.2, 0) is 14.3 Å². The van der Waals surface area contributed by atoms with Crippen LogP contribution in [0, 0.1) is 0 Å². The summed E-state index contributed by atoms with van der Waals surface area (Å²) in [5.41, 5.74) is 0. The van der Waals surface area contributed by atoms with E-state index in [1.807, 2.05) is 0 Å². The van der Waals surface area contributed by atoms with Gasteiger partial charge >= 0.3 is 5.97 Å². The molecule has 112 valence electrons. The van der Waals surface area contributed by atoms with Crippen LogP contribution in [0.2, 0.25) is 0 Å². The van der Waals surface area contributed by atoms with Crippen molar-refractivity contribution < 1.29 is 19.4 Å². The Bertz CT molecular complexity index is 243. The molecule has 6 heteroatoms. The van der Waals surface area contributed by atoms with Crippen LogP contribution >= 0.6 is 0 Å². The molecule has 0 spiro atoms. The Morgan fingerprint density at radius 2 is 1.68 bits per heavy atom. The smallest absolute Gasteiger partial charge is 0.304 e. The second-order valence-corrected chi connectivity index (χ2v) is 4.79. The number of piperazine rings is 1. The van der Waals surface area contributed by atoms with Gasteiger partial charge in [-0.2, -0.15) is 0 Å². The van der Waals surface area contributed by atoms with Gasteiger partial charge in [0.05, 0.1) is 13.0 Å². The molecule has 0 amide bonds. The van der Waals surface area contributed by atoms with E-state index in [2.05, 4.69) is 9.80 Å². The molecule has 0 radical (unpaired) electrons. The van der Waals surface area contributed by atoms with Gasteiger partial charge in [-0.15, -0.1) is 0 Å². The van der Waals surface area contributed by atoms with Gasteiger partial charge in [-0.3, -0.25) is 9.69 Å². The van der Waals surface area contributed by atoms with E-state index in [1.54, 1.807) is 7.11 Å². The first-order valence-electron chi connectivity index (χ1n) is 6.95. The van der Waals surface area contributed by atoms with Crippen LogP contribution in [0.25, 0.3) is 0 Å². The molecule has 19 heavy (non-hydrogen) atoms. The maximum Gasteiger partial charge on any atom is 0.304 e. The van der Waals surface area contributed by atoms with E-state index in [-0.39, 0.29) is 6.42 Å². The van der Waals surface area contributed by atoms with Gasteiger partial charge in [0, 0.05) is 59.6 Å². The van der Waals surface area contributed by atoms with Crippen molar-refractivity contribution in [2.45, 2.75) is 12.8 Å². The fourth-order valence-electron chi connectivity index (χ4n) is 2.09. The minimum Gasteiger partial charge on any atom is -0.481 e. The van der Waals surface area contributed by atoms with Crippen LogP contribution in [-0.4, -0.2) is 87.1 Å². The van der Waals surface area contributed by atoms with E-state index >= 15 is 0 Å². The van der Waals surface area contributed by atoms with Crippen LogP contribution < -0.4 is 0 Å². The maximum atomic E-state index is 10.5. The Kier molecular flexibility index (Phi) is 8.73. The Balaban J connectivity index is 1.96. The second kappa shape index (κ2) is 10.1. The van der Waals surface area contributed by atoms with Gasteiger partial charge in [0.15, 0.2) is 0 Å². The second-order valence-electron chi connectivity index (χ2n) is 4.79. The van der Waals surface area contributed by atoms with Crippen molar-refractivity contribution in [3.8, 4) is 0 Å². The van der Waals surface area contributed by atoms with Crippen LogP contribution in [0.4, 0.5) is 0 Å². The number of methoxy groups -OCH3 is 1. The number of nitrogens with zero attached hydrogens (tertiary/aromatic N) is 2. The summed E-state index contributed by atoms with van der Waals surface area (Å²) in [6.45, 7) is 7.81. The third-order valence-corrected chi connectivity index (χ3v) is 3.30. The molecular weight excluding hydrogens is 248 g/mol. The Labute approximate surface area is 115 Å². The largest absolute Gasteiger partial charge is 0.481 e. The highest BCUT2D eigenvalue weighted by molar-refractivity contribution is 5.66. The SMILES string of the molecule is COCCCOCCN1CCN(CCC(=O)O)CC1. The monoisotopic (exact) mass is 274 g/mol. The summed E-state index contributed by atoms with van der Waals surface area (Å²) in [7, 11) is 1.70. The average molecular weight is 274 g/mol. The fraction of sp³-hybridized carbons (Fsp3) is 0.923. The number of carbonyl (C=O) groups is 1. The Morgan fingerprint density at radius 1 is 1.05 bits per heavy atom. The van der Waals surface area contributed by atoms with Crippen LogP contribution in [0.5, 0.6) is 0 Å². The molecule has 1 aliphatic heterocycles. The summed E-state index contributed by atoms with van der Waals surface area (Å²) in [5, 5.41) is 8.64. The number of hydrogen-bond acceptors (Lipinski definition) is 5. The van der Waals surface area contributed by atoms with Gasteiger partial charge in [-0.1, -0.05) is 0 Å². The van der Waals surface area contributed by atoms with Crippen LogP contribution in [0.3, 0.4) is 0 Å².